The number of aromatic nitrogens is 2. The minimum absolute atomic E-state index is 0.0504. The van der Waals surface area contributed by atoms with Gasteiger partial charge >= 0.3 is 0 Å². The molecule has 0 saturated carbocycles. The lowest BCUT2D eigenvalue weighted by Crippen LogP contribution is -2.25. The topological polar surface area (TPSA) is 64.1 Å². The van der Waals surface area contributed by atoms with Gasteiger partial charge in [0.1, 0.15) is 10.8 Å². The number of hydrogen-bond donors (Lipinski definition) is 1. The molecule has 3 rings (SSSR count). The van der Waals surface area contributed by atoms with Gasteiger partial charge in [0.25, 0.3) is 0 Å². The molecule has 0 bridgehead atoms. The first-order valence-corrected chi connectivity index (χ1v) is 9.37. The van der Waals surface area contributed by atoms with E-state index in [1.807, 2.05) is 41.8 Å². The maximum atomic E-state index is 12.0. The first-order chi connectivity index (χ1) is 12.7. The predicted octanol–water partition coefficient (Wildman–Crippen LogP) is 3.51. The van der Waals surface area contributed by atoms with E-state index in [9.17, 15) is 4.79 Å². The molecule has 0 fully saturated rings. The Balaban J connectivity index is 1.40. The maximum Gasteiger partial charge on any atom is 0.220 e. The second kappa shape index (κ2) is 9.10. The third-order valence-corrected chi connectivity index (χ3v) is 4.90. The highest BCUT2D eigenvalue weighted by atomic mass is 32.1. The van der Waals surface area contributed by atoms with Crippen molar-refractivity contribution in [2.24, 2.45) is 0 Å². The van der Waals surface area contributed by atoms with Gasteiger partial charge in [0.2, 0.25) is 5.91 Å². The molecule has 1 N–H and O–H groups in total. The van der Waals surface area contributed by atoms with Crippen LogP contribution >= 0.6 is 11.3 Å². The largest absolute Gasteiger partial charge is 0.497 e. The molecule has 0 unspecified atom stereocenters. The number of ether oxygens (including phenoxy) is 1. The van der Waals surface area contributed by atoms with Gasteiger partial charge in [-0.1, -0.05) is 12.1 Å². The number of carbonyl (C=O) groups is 1. The molecule has 0 radical (unpaired) electrons. The summed E-state index contributed by atoms with van der Waals surface area (Å²) in [6, 6.07) is 11.8. The summed E-state index contributed by atoms with van der Waals surface area (Å²) >= 11 is 1.58. The molecule has 0 aliphatic carbocycles. The van der Waals surface area contributed by atoms with Crippen molar-refractivity contribution >= 4 is 17.2 Å². The highest BCUT2D eigenvalue weighted by Crippen LogP contribution is 2.23. The van der Waals surface area contributed by atoms with Gasteiger partial charge in [-0.2, -0.15) is 0 Å². The van der Waals surface area contributed by atoms with Crippen molar-refractivity contribution in [1.29, 1.82) is 0 Å². The molecule has 26 heavy (non-hydrogen) atoms. The number of aryl methyl sites for hydroxylation is 1. The van der Waals surface area contributed by atoms with Crippen LogP contribution in [0.15, 0.2) is 54.2 Å². The average Bonchev–Trinajstić information content (AvgIpc) is 3.17. The molecule has 0 aliphatic heterocycles. The van der Waals surface area contributed by atoms with Crippen LogP contribution in [0.25, 0.3) is 10.6 Å². The van der Waals surface area contributed by atoms with Gasteiger partial charge in [0, 0.05) is 36.3 Å². The number of pyridine rings is 1. The van der Waals surface area contributed by atoms with Gasteiger partial charge in [0.15, 0.2) is 0 Å². The van der Waals surface area contributed by atoms with Gasteiger partial charge in [-0.3, -0.25) is 9.78 Å². The van der Waals surface area contributed by atoms with Crippen LogP contribution in [0.1, 0.15) is 17.7 Å². The van der Waals surface area contributed by atoms with E-state index in [0.29, 0.717) is 19.4 Å². The highest BCUT2D eigenvalue weighted by molar-refractivity contribution is 7.13. The fourth-order valence-corrected chi connectivity index (χ4v) is 3.36. The van der Waals surface area contributed by atoms with Crippen molar-refractivity contribution in [3.05, 3.63) is 65.4 Å². The average molecular weight is 367 g/mol. The molecule has 134 valence electrons. The van der Waals surface area contributed by atoms with Crippen LogP contribution < -0.4 is 10.1 Å². The van der Waals surface area contributed by atoms with Crippen LogP contribution in [0.2, 0.25) is 0 Å². The quantitative estimate of drug-likeness (QED) is 0.662. The van der Waals surface area contributed by atoms with Crippen molar-refractivity contribution in [3.8, 4) is 16.3 Å². The molecule has 6 heteroatoms. The van der Waals surface area contributed by atoms with Gasteiger partial charge in [-0.15, -0.1) is 11.3 Å². The van der Waals surface area contributed by atoms with E-state index in [1.54, 1.807) is 30.8 Å². The second-order valence-electron chi connectivity index (χ2n) is 5.83. The zero-order valence-electron chi connectivity index (χ0n) is 14.6. The van der Waals surface area contributed by atoms with Crippen LogP contribution in [0, 0.1) is 0 Å². The number of benzene rings is 1. The molecule has 0 saturated heterocycles. The minimum atomic E-state index is 0.0504. The van der Waals surface area contributed by atoms with Crippen LogP contribution in [0.4, 0.5) is 0 Å². The molecule has 2 aromatic heterocycles. The summed E-state index contributed by atoms with van der Waals surface area (Å²) < 4.78 is 5.14. The minimum Gasteiger partial charge on any atom is -0.497 e. The second-order valence-corrected chi connectivity index (χ2v) is 6.69. The number of thiazole rings is 1. The van der Waals surface area contributed by atoms with Crippen LogP contribution in [0.5, 0.6) is 5.75 Å². The number of nitrogens with one attached hydrogen (secondary N) is 1. The summed E-state index contributed by atoms with van der Waals surface area (Å²) in [5.41, 5.74) is 3.12. The summed E-state index contributed by atoms with van der Waals surface area (Å²) in [6.07, 6.45) is 5.43. The third-order valence-electron chi connectivity index (χ3n) is 3.96. The number of amides is 1. The molecule has 1 aromatic carbocycles. The van der Waals surface area contributed by atoms with E-state index < -0.39 is 0 Å². The molecule has 0 aliphatic rings. The number of rotatable bonds is 8. The number of hydrogen-bond acceptors (Lipinski definition) is 5. The lowest BCUT2D eigenvalue weighted by atomic mass is 10.1. The SMILES string of the molecule is COc1ccc(CCNC(=O)CCc2csc(-c3cccnc3)n2)cc1. The molecule has 0 spiro atoms. The van der Waals surface area contributed by atoms with E-state index in [1.165, 1.54) is 5.56 Å². The maximum absolute atomic E-state index is 12.0. The summed E-state index contributed by atoms with van der Waals surface area (Å²) in [5.74, 6) is 0.890. The standard InChI is InChI=1S/C20H21N3O2S/c1-25-18-7-4-15(5-8-18)10-12-22-19(24)9-6-17-14-26-20(23-17)16-3-2-11-21-13-16/h2-5,7-8,11,13-14H,6,9-10,12H2,1H3,(H,22,24). The lowest BCUT2D eigenvalue weighted by Gasteiger charge is -2.06. The van der Waals surface area contributed by atoms with Gasteiger partial charge in [0.05, 0.1) is 12.8 Å². The number of carbonyl (C=O) groups excluding carboxylic acids is 1. The number of nitrogens with zero attached hydrogens (tertiary/aromatic N) is 2. The Morgan fingerprint density at radius 1 is 1.19 bits per heavy atom. The van der Waals surface area contributed by atoms with Crippen molar-refractivity contribution in [2.75, 3.05) is 13.7 Å². The Morgan fingerprint density at radius 3 is 2.77 bits per heavy atom. The van der Waals surface area contributed by atoms with Crippen molar-refractivity contribution in [3.63, 3.8) is 0 Å². The van der Waals surface area contributed by atoms with Crippen molar-refractivity contribution in [1.82, 2.24) is 15.3 Å². The Hall–Kier alpha value is -2.73. The predicted molar refractivity (Wildman–Crippen MR) is 103 cm³/mol. The molecule has 3 aromatic rings. The van der Waals surface area contributed by atoms with Gasteiger partial charge in [-0.25, -0.2) is 4.98 Å². The summed E-state index contributed by atoms with van der Waals surface area (Å²) in [6.45, 7) is 0.628. The molecule has 0 atom stereocenters. The monoisotopic (exact) mass is 367 g/mol. The Bertz CT molecular complexity index is 832. The van der Waals surface area contributed by atoms with E-state index in [2.05, 4.69) is 15.3 Å². The molecular formula is C20H21N3O2S. The molecular weight excluding hydrogens is 346 g/mol. The number of methoxy groups -OCH3 is 1. The summed E-state index contributed by atoms with van der Waals surface area (Å²) in [7, 11) is 1.65. The molecule has 5 nitrogen and oxygen atoms in total. The normalized spacial score (nSPS) is 10.5. The Kier molecular flexibility index (Phi) is 6.33. The van der Waals surface area contributed by atoms with E-state index in [0.717, 1.165) is 28.4 Å². The smallest absolute Gasteiger partial charge is 0.220 e. The fraction of sp³-hybridized carbons (Fsp3) is 0.250. The highest BCUT2D eigenvalue weighted by Gasteiger charge is 2.07. The van der Waals surface area contributed by atoms with Crippen LogP contribution in [-0.2, 0) is 17.6 Å². The first-order valence-electron chi connectivity index (χ1n) is 8.49. The summed E-state index contributed by atoms with van der Waals surface area (Å²) in [4.78, 5) is 20.7. The lowest BCUT2D eigenvalue weighted by molar-refractivity contribution is -0.121. The fourth-order valence-electron chi connectivity index (χ4n) is 2.51. The summed E-state index contributed by atoms with van der Waals surface area (Å²) in [5, 5.41) is 5.91. The van der Waals surface area contributed by atoms with Crippen molar-refractivity contribution in [2.45, 2.75) is 19.3 Å². The van der Waals surface area contributed by atoms with E-state index >= 15 is 0 Å². The van der Waals surface area contributed by atoms with Crippen LogP contribution in [-0.4, -0.2) is 29.5 Å². The van der Waals surface area contributed by atoms with Gasteiger partial charge < -0.3 is 10.1 Å². The van der Waals surface area contributed by atoms with Gasteiger partial charge in [-0.05, 0) is 42.7 Å². The van der Waals surface area contributed by atoms with E-state index in [-0.39, 0.29) is 5.91 Å². The molecule has 2 heterocycles. The Labute approximate surface area is 157 Å². The van der Waals surface area contributed by atoms with Crippen molar-refractivity contribution < 1.29 is 9.53 Å². The first kappa shape index (κ1) is 18.1. The zero-order chi connectivity index (χ0) is 18.2. The zero-order valence-corrected chi connectivity index (χ0v) is 15.5. The van der Waals surface area contributed by atoms with E-state index in [4.69, 9.17) is 4.74 Å². The third kappa shape index (κ3) is 5.13. The Morgan fingerprint density at radius 2 is 2.04 bits per heavy atom. The molecule has 1 amide bonds. The van der Waals surface area contributed by atoms with Crippen LogP contribution in [0.3, 0.4) is 0 Å².